The van der Waals surface area contributed by atoms with Crippen molar-refractivity contribution < 1.29 is 13.0 Å². The molecule has 0 amide bonds. The van der Waals surface area contributed by atoms with E-state index in [4.69, 9.17) is 9.72 Å². The van der Waals surface area contributed by atoms with Crippen LogP contribution in [0.4, 0.5) is 0 Å². The van der Waals surface area contributed by atoms with E-state index >= 15 is 0 Å². The number of fused-ring (bicyclic) bond motifs is 7. The van der Waals surface area contributed by atoms with Crippen LogP contribution in [0.1, 0.15) is 83.5 Å². The highest BCUT2D eigenvalue weighted by atomic mass is 28.3. The number of rotatable bonds is 9. The maximum atomic E-state index is 10.6. The smallest absolute Gasteiger partial charge is 0.220 e. The van der Waals surface area contributed by atoms with Crippen LogP contribution in [0.2, 0.25) is 0 Å². The van der Waals surface area contributed by atoms with E-state index in [1.54, 1.807) is 6.07 Å². The van der Waals surface area contributed by atoms with E-state index in [0.717, 1.165) is 54.3 Å². The first kappa shape index (κ1) is 30.8. The van der Waals surface area contributed by atoms with E-state index in [1.165, 1.54) is 0 Å². The van der Waals surface area contributed by atoms with Gasteiger partial charge in [0, 0.05) is 30.5 Å². The molecule has 0 saturated heterocycles. The molecule has 9 aromatic rings. The molecule has 0 N–H and O–H groups in total. The number of nitrogens with zero attached hydrogens (tertiary/aromatic N) is 3. The van der Waals surface area contributed by atoms with E-state index in [-0.39, 0.29) is 0 Å². The minimum atomic E-state index is -3.60. The van der Waals surface area contributed by atoms with Crippen molar-refractivity contribution in [1.29, 1.82) is 0 Å². The van der Waals surface area contributed by atoms with E-state index in [1.807, 2.05) is 60.7 Å². The zero-order valence-electron chi connectivity index (χ0n) is 40.1. The third-order valence-electron chi connectivity index (χ3n) is 13.5. The molecule has 2 saturated carbocycles. The van der Waals surface area contributed by atoms with Crippen LogP contribution in [0, 0.1) is 11.8 Å². The topological polar surface area (TPSA) is 31.5 Å². The summed E-state index contributed by atoms with van der Waals surface area (Å²) in [7, 11) is -3.60. The molecule has 2 fully saturated rings. The standard InChI is InChI=1S/C56H51N3OSi/c1-3-24-43(25-4-1)61(44-26-5-2-6-27-44,45-28-17-23-42(37-45)58-50-33-14-15-34-51(50)59-49-32-13-12-31-48(49)57-55(58)59)53-36-18-30-47-54(53)60-52-35-16-11-29-46(52)56(47,38-40-19-7-8-20-40)39-41-21-9-10-22-41/h1-6,11-18,23-37,40-41H,7-10,19-22,38-39H2/i38D2,39D2,40D,41D. The summed E-state index contributed by atoms with van der Waals surface area (Å²) in [6, 6.07) is 59.7. The molecule has 12 rings (SSSR count). The van der Waals surface area contributed by atoms with Crippen molar-refractivity contribution in [2.24, 2.45) is 11.8 Å². The number of hydrogen-bond donors (Lipinski definition) is 0. The van der Waals surface area contributed by atoms with Gasteiger partial charge in [0.1, 0.15) is 11.5 Å². The summed E-state index contributed by atoms with van der Waals surface area (Å²) in [6.45, 7) is 0. The van der Waals surface area contributed by atoms with E-state index in [2.05, 4.69) is 118 Å². The van der Waals surface area contributed by atoms with Gasteiger partial charge in [0.15, 0.2) is 8.07 Å². The van der Waals surface area contributed by atoms with Gasteiger partial charge in [-0.25, -0.2) is 4.98 Å². The fourth-order valence-electron chi connectivity index (χ4n) is 10.9. The Bertz CT molecular complexity index is 3280. The minimum Gasteiger partial charge on any atom is -0.457 e. The maximum absolute atomic E-state index is 10.6. The molecule has 0 bridgehead atoms. The summed E-state index contributed by atoms with van der Waals surface area (Å²) in [4.78, 5) is 5.23. The summed E-state index contributed by atoms with van der Waals surface area (Å²) >= 11 is 0. The highest BCUT2D eigenvalue weighted by molar-refractivity contribution is 7.20. The lowest BCUT2D eigenvalue weighted by molar-refractivity contribution is 0.270. The number of aromatic nitrogens is 3. The lowest BCUT2D eigenvalue weighted by Gasteiger charge is -2.46. The Labute approximate surface area is 367 Å². The van der Waals surface area contributed by atoms with Crippen LogP contribution >= 0.6 is 0 Å². The van der Waals surface area contributed by atoms with Crippen LogP contribution in [0.5, 0.6) is 11.5 Å². The Kier molecular flexibility index (Phi) is 7.46. The predicted octanol–water partition coefficient (Wildman–Crippen LogP) is 11.4. The molecule has 3 aliphatic rings. The first-order valence-electron chi connectivity index (χ1n) is 25.0. The summed E-state index contributed by atoms with van der Waals surface area (Å²) in [5.74, 6) is -1.68. The molecule has 4 nitrogen and oxygen atoms in total. The van der Waals surface area contributed by atoms with E-state index < -0.39 is 38.0 Å². The average Bonchev–Trinajstić information content (AvgIpc) is 4.17. The van der Waals surface area contributed by atoms with Gasteiger partial charge >= 0.3 is 0 Å². The molecule has 2 aliphatic carbocycles. The molecule has 0 radical (unpaired) electrons. The van der Waals surface area contributed by atoms with Crippen molar-refractivity contribution in [2.45, 2.75) is 69.5 Å². The second kappa shape index (κ2) is 14.8. The van der Waals surface area contributed by atoms with Crippen molar-refractivity contribution in [2.75, 3.05) is 0 Å². The van der Waals surface area contributed by atoms with E-state index in [9.17, 15) is 8.22 Å². The van der Waals surface area contributed by atoms with Gasteiger partial charge in [-0.3, -0.25) is 8.97 Å². The first-order valence-corrected chi connectivity index (χ1v) is 24.0. The average molecular weight is 816 g/mol. The summed E-state index contributed by atoms with van der Waals surface area (Å²) < 4.78 is 74.6. The maximum Gasteiger partial charge on any atom is 0.220 e. The predicted molar refractivity (Wildman–Crippen MR) is 254 cm³/mol. The third kappa shape index (κ3) is 5.73. The van der Waals surface area contributed by atoms with E-state index in [0.29, 0.717) is 74.0 Å². The normalized spacial score (nSPS) is 19.5. The van der Waals surface area contributed by atoms with Gasteiger partial charge in [-0.15, -0.1) is 0 Å². The lowest BCUT2D eigenvalue weighted by atomic mass is 9.63. The van der Waals surface area contributed by atoms with Gasteiger partial charge in [-0.2, -0.15) is 0 Å². The molecule has 7 aromatic carbocycles. The Morgan fingerprint density at radius 1 is 0.574 bits per heavy atom. The molecular weight excluding hydrogens is 759 g/mol. The highest BCUT2D eigenvalue weighted by Crippen LogP contribution is 2.56. The van der Waals surface area contributed by atoms with Crippen LogP contribution < -0.4 is 25.5 Å². The monoisotopic (exact) mass is 815 g/mol. The Morgan fingerprint density at radius 2 is 1.13 bits per heavy atom. The molecule has 2 aromatic heterocycles. The Hall–Kier alpha value is -6.17. The van der Waals surface area contributed by atoms with Crippen molar-refractivity contribution in [3.8, 4) is 17.2 Å². The van der Waals surface area contributed by atoms with Crippen molar-refractivity contribution >= 4 is 56.7 Å². The first-order chi connectivity index (χ1) is 32.5. The van der Waals surface area contributed by atoms with Crippen molar-refractivity contribution in [1.82, 2.24) is 14.0 Å². The highest BCUT2D eigenvalue weighted by Gasteiger charge is 2.50. The van der Waals surface area contributed by atoms with Crippen LogP contribution in [0.25, 0.3) is 33.5 Å². The molecule has 300 valence electrons. The molecule has 3 heterocycles. The number of hydrogen-bond acceptors (Lipinski definition) is 2. The summed E-state index contributed by atoms with van der Waals surface area (Å²) in [6.07, 6.45) is -1.03. The number of para-hydroxylation sites is 6. The SMILES string of the molecule is [2H]C1(C([2H])([2H])C2(C([2H])([2H])C3([2H])CCCC3)c3ccccc3Oc3c2cccc3[Si](c2ccccc2)(c2ccccc2)c2cccc(-n3c4ccccc4n4c5ccccc5nc34)c2)CCCC1. The quantitative estimate of drug-likeness (QED) is 0.107. The van der Waals surface area contributed by atoms with Crippen molar-refractivity contribution in [3.63, 3.8) is 0 Å². The molecule has 5 heteroatoms. The van der Waals surface area contributed by atoms with Gasteiger partial charge in [0.25, 0.3) is 0 Å². The van der Waals surface area contributed by atoms with Gasteiger partial charge in [0.05, 0.1) is 22.1 Å². The van der Waals surface area contributed by atoms with Crippen LogP contribution in [0.3, 0.4) is 0 Å². The fraction of sp³-hybridized carbons (Fsp3) is 0.232. The molecular formula is C56H51N3OSi. The third-order valence-corrected chi connectivity index (χ3v) is 18.3. The molecule has 0 spiro atoms. The Balaban J connectivity index is 1.21. The second-order valence-corrected chi connectivity index (χ2v) is 20.8. The minimum absolute atomic E-state index is 0.299. The zero-order chi connectivity index (χ0) is 45.8. The fourth-order valence-corrected chi connectivity index (χ4v) is 15.8. The van der Waals surface area contributed by atoms with Gasteiger partial charge in [-0.1, -0.05) is 185 Å². The lowest BCUT2D eigenvalue weighted by Crippen LogP contribution is -2.75. The largest absolute Gasteiger partial charge is 0.457 e. The number of imidazole rings is 2. The van der Waals surface area contributed by atoms with Gasteiger partial charge < -0.3 is 4.74 Å². The summed E-state index contributed by atoms with van der Waals surface area (Å²) in [5.41, 5.74) is 3.55. The van der Waals surface area contributed by atoms with Crippen LogP contribution in [-0.4, -0.2) is 22.0 Å². The molecule has 1 aliphatic heterocycles. The van der Waals surface area contributed by atoms with Crippen LogP contribution in [-0.2, 0) is 5.41 Å². The van der Waals surface area contributed by atoms with Crippen LogP contribution in [0.15, 0.2) is 176 Å². The summed E-state index contributed by atoms with van der Waals surface area (Å²) in [5, 5.41) is 4.03. The van der Waals surface area contributed by atoms with Gasteiger partial charge in [-0.05, 0) is 87.7 Å². The molecule has 0 unspecified atom stereocenters. The number of benzene rings is 7. The number of ether oxygens (including phenoxy) is 1. The zero-order valence-corrected chi connectivity index (χ0v) is 35.1. The van der Waals surface area contributed by atoms with Crippen molar-refractivity contribution in [3.05, 3.63) is 187 Å². The van der Waals surface area contributed by atoms with Gasteiger partial charge in [0.2, 0.25) is 5.78 Å². The molecule has 0 atom stereocenters. The molecule has 61 heavy (non-hydrogen) atoms. The second-order valence-electron chi connectivity index (χ2n) is 17.0. The Morgan fingerprint density at radius 3 is 1.84 bits per heavy atom.